The fraction of sp³-hybridized carbons (Fsp3) is 0.500. The van der Waals surface area contributed by atoms with Crippen molar-refractivity contribution in [2.75, 3.05) is 39.5 Å². The normalized spacial score (nSPS) is 16.2. The summed E-state index contributed by atoms with van der Waals surface area (Å²) in [6.45, 7) is 4.96. The number of primary amides is 1. The molecule has 1 fully saturated rings. The molecular weight excluding hydrogens is 244 g/mol. The van der Waals surface area contributed by atoms with Crippen LogP contribution in [-0.2, 0) is 16.0 Å². The number of amides is 1. The van der Waals surface area contributed by atoms with E-state index in [4.69, 9.17) is 15.2 Å². The second-order valence-corrected chi connectivity index (χ2v) is 4.55. The van der Waals surface area contributed by atoms with Crippen LogP contribution in [0.3, 0.4) is 0 Å². The lowest BCUT2D eigenvalue weighted by Gasteiger charge is -2.26. The maximum atomic E-state index is 11.0. The molecule has 0 atom stereocenters. The van der Waals surface area contributed by atoms with Crippen LogP contribution in [0.5, 0.6) is 5.75 Å². The largest absolute Gasteiger partial charge is 0.492 e. The molecule has 1 saturated heterocycles. The molecule has 0 aliphatic carbocycles. The van der Waals surface area contributed by atoms with Crippen LogP contribution in [0.25, 0.3) is 0 Å². The lowest BCUT2D eigenvalue weighted by Crippen LogP contribution is -2.38. The summed E-state index contributed by atoms with van der Waals surface area (Å²) in [7, 11) is 0. The summed E-state index contributed by atoms with van der Waals surface area (Å²) >= 11 is 0. The maximum absolute atomic E-state index is 11.0. The number of carbonyl (C=O) groups excluding carboxylic acids is 1. The molecule has 0 radical (unpaired) electrons. The molecule has 0 unspecified atom stereocenters. The van der Waals surface area contributed by atoms with Crippen LogP contribution in [0.2, 0.25) is 0 Å². The number of ether oxygens (including phenoxy) is 2. The summed E-state index contributed by atoms with van der Waals surface area (Å²) in [6.07, 6.45) is 0.216. The summed E-state index contributed by atoms with van der Waals surface area (Å²) in [5.74, 6) is 0.402. The van der Waals surface area contributed by atoms with E-state index < -0.39 is 0 Å². The van der Waals surface area contributed by atoms with E-state index in [2.05, 4.69) is 4.90 Å². The van der Waals surface area contributed by atoms with Gasteiger partial charge in [-0.05, 0) is 6.07 Å². The van der Waals surface area contributed by atoms with Crippen molar-refractivity contribution in [3.8, 4) is 5.75 Å². The lowest BCUT2D eigenvalue weighted by molar-refractivity contribution is -0.117. The third-order valence-electron chi connectivity index (χ3n) is 3.11. The zero-order valence-electron chi connectivity index (χ0n) is 11.0. The number of benzene rings is 1. The minimum atomic E-state index is -0.343. The zero-order chi connectivity index (χ0) is 13.5. The van der Waals surface area contributed by atoms with Gasteiger partial charge in [-0.1, -0.05) is 18.2 Å². The van der Waals surface area contributed by atoms with E-state index in [0.717, 1.165) is 44.2 Å². The number of hydrogen-bond acceptors (Lipinski definition) is 4. The van der Waals surface area contributed by atoms with E-state index in [1.807, 2.05) is 24.3 Å². The van der Waals surface area contributed by atoms with Gasteiger partial charge in [-0.3, -0.25) is 9.69 Å². The Bertz CT molecular complexity index is 417. The highest BCUT2D eigenvalue weighted by molar-refractivity contribution is 5.77. The van der Waals surface area contributed by atoms with Crippen molar-refractivity contribution in [2.24, 2.45) is 5.73 Å². The van der Waals surface area contributed by atoms with E-state index in [-0.39, 0.29) is 12.3 Å². The average Bonchev–Trinajstić information content (AvgIpc) is 2.41. The van der Waals surface area contributed by atoms with E-state index in [0.29, 0.717) is 6.61 Å². The molecule has 0 bridgehead atoms. The number of nitrogens with two attached hydrogens (primary N) is 1. The van der Waals surface area contributed by atoms with Gasteiger partial charge < -0.3 is 15.2 Å². The topological polar surface area (TPSA) is 64.8 Å². The van der Waals surface area contributed by atoms with E-state index in [9.17, 15) is 4.79 Å². The average molecular weight is 264 g/mol. The van der Waals surface area contributed by atoms with Crippen LogP contribution in [0.1, 0.15) is 5.56 Å². The minimum absolute atomic E-state index is 0.216. The molecule has 5 heteroatoms. The van der Waals surface area contributed by atoms with Gasteiger partial charge in [0.25, 0.3) is 0 Å². The molecule has 19 heavy (non-hydrogen) atoms. The first-order valence-electron chi connectivity index (χ1n) is 6.55. The standard InChI is InChI=1S/C14H20N2O3/c15-14(17)11-12-3-1-2-4-13(12)19-10-7-16-5-8-18-9-6-16/h1-4H,5-11H2,(H2,15,17). The molecule has 0 spiro atoms. The highest BCUT2D eigenvalue weighted by atomic mass is 16.5. The first kappa shape index (κ1) is 13.8. The van der Waals surface area contributed by atoms with E-state index >= 15 is 0 Å². The van der Waals surface area contributed by atoms with Crippen molar-refractivity contribution in [1.29, 1.82) is 0 Å². The SMILES string of the molecule is NC(=O)Cc1ccccc1OCCN1CCOCC1. The molecule has 2 rings (SSSR count). The van der Waals surface area contributed by atoms with Gasteiger partial charge in [-0.25, -0.2) is 0 Å². The van der Waals surface area contributed by atoms with Gasteiger partial charge in [-0.15, -0.1) is 0 Å². The molecule has 1 aromatic rings. The quantitative estimate of drug-likeness (QED) is 0.809. The van der Waals surface area contributed by atoms with Gasteiger partial charge in [0.2, 0.25) is 5.91 Å². The van der Waals surface area contributed by atoms with Gasteiger partial charge >= 0.3 is 0 Å². The predicted molar refractivity (Wildman–Crippen MR) is 72.1 cm³/mol. The summed E-state index contributed by atoms with van der Waals surface area (Å²) in [4.78, 5) is 13.3. The molecule has 0 saturated carbocycles. The van der Waals surface area contributed by atoms with Crippen LogP contribution in [-0.4, -0.2) is 50.3 Å². The van der Waals surface area contributed by atoms with Crippen LogP contribution >= 0.6 is 0 Å². The minimum Gasteiger partial charge on any atom is -0.492 e. The van der Waals surface area contributed by atoms with Crippen molar-refractivity contribution < 1.29 is 14.3 Å². The molecule has 5 nitrogen and oxygen atoms in total. The second kappa shape index (κ2) is 7.11. The van der Waals surface area contributed by atoms with Crippen LogP contribution in [0.15, 0.2) is 24.3 Å². The fourth-order valence-electron chi connectivity index (χ4n) is 2.09. The van der Waals surface area contributed by atoms with Gasteiger partial charge in [0.15, 0.2) is 0 Å². The number of nitrogens with zero attached hydrogens (tertiary/aromatic N) is 1. The smallest absolute Gasteiger partial charge is 0.221 e. The lowest BCUT2D eigenvalue weighted by atomic mass is 10.1. The molecule has 2 N–H and O–H groups in total. The Balaban J connectivity index is 1.83. The predicted octanol–water partition coefficient (Wildman–Crippen LogP) is 0.425. The van der Waals surface area contributed by atoms with Crippen molar-refractivity contribution in [3.05, 3.63) is 29.8 Å². The van der Waals surface area contributed by atoms with Gasteiger partial charge in [-0.2, -0.15) is 0 Å². The van der Waals surface area contributed by atoms with Gasteiger partial charge in [0.1, 0.15) is 12.4 Å². The number of morpholine rings is 1. The van der Waals surface area contributed by atoms with Crippen molar-refractivity contribution in [3.63, 3.8) is 0 Å². The molecule has 1 aromatic carbocycles. The molecule has 1 amide bonds. The Morgan fingerprint density at radius 1 is 1.32 bits per heavy atom. The molecule has 1 aliphatic rings. The summed E-state index contributed by atoms with van der Waals surface area (Å²) < 4.78 is 11.0. The highest BCUT2D eigenvalue weighted by Crippen LogP contribution is 2.18. The first-order valence-corrected chi connectivity index (χ1v) is 6.55. The molecule has 0 aromatic heterocycles. The third kappa shape index (κ3) is 4.54. The van der Waals surface area contributed by atoms with Gasteiger partial charge in [0.05, 0.1) is 19.6 Å². The first-order chi connectivity index (χ1) is 9.25. The Morgan fingerprint density at radius 3 is 2.79 bits per heavy atom. The Hall–Kier alpha value is -1.59. The van der Waals surface area contributed by atoms with E-state index in [1.165, 1.54) is 0 Å². The van der Waals surface area contributed by atoms with Crippen LogP contribution in [0, 0.1) is 0 Å². The monoisotopic (exact) mass is 264 g/mol. The maximum Gasteiger partial charge on any atom is 0.221 e. The van der Waals surface area contributed by atoms with Crippen molar-refractivity contribution in [1.82, 2.24) is 4.90 Å². The Kier molecular flexibility index (Phi) is 5.18. The van der Waals surface area contributed by atoms with Gasteiger partial charge in [0, 0.05) is 25.2 Å². The fourth-order valence-corrected chi connectivity index (χ4v) is 2.09. The molecule has 1 aliphatic heterocycles. The third-order valence-corrected chi connectivity index (χ3v) is 3.11. The van der Waals surface area contributed by atoms with Crippen molar-refractivity contribution >= 4 is 5.91 Å². The van der Waals surface area contributed by atoms with Crippen LogP contribution in [0.4, 0.5) is 0 Å². The summed E-state index contributed by atoms with van der Waals surface area (Å²) in [5.41, 5.74) is 6.07. The van der Waals surface area contributed by atoms with Crippen molar-refractivity contribution in [2.45, 2.75) is 6.42 Å². The number of rotatable bonds is 6. The highest BCUT2D eigenvalue weighted by Gasteiger charge is 2.11. The zero-order valence-corrected chi connectivity index (χ0v) is 11.0. The number of hydrogen-bond donors (Lipinski definition) is 1. The second-order valence-electron chi connectivity index (χ2n) is 4.55. The molecular formula is C14H20N2O3. The number of para-hydroxylation sites is 1. The Morgan fingerprint density at radius 2 is 2.05 bits per heavy atom. The molecule has 1 heterocycles. The van der Waals surface area contributed by atoms with E-state index in [1.54, 1.807) is 0 Å². The summed E-state index contributed by atoms with van der Waals surface area (Å²) in [5, 5.41) is 0. The summed E-state index contributed by atoms with van der Waals surface area (Å²) in [6, 6.07) is 7.52. The molecule has 104 valence electrons. The van der Waals surface area contributed by atoms with Crippen LogP contribution < -0.4 is 10.5 Å². The Labute approximate surface area is 113 Å². The number of carbonyl (C=O) groups is 1.